The number of nitrogens with zero attached hydrogens (tertiary/aromatic N) is 1. The van der Waals surface area contributed by atoms with Crippen molar-refractivity contribution >= 4 is 17.3 Å². The Hall–Kier alpha value is -1.59. The standard InChI is InChI=1S/C13H17N3O2/c14-10-3-1-2-8-6-11(13(18)15-12(8)10)16-5-4-9(17)7-16/h1-3,9,11,17H,4-7,14H2,(H,15,18)/t9-,11?/m0/s1. The van der Waals surface area contributed by atoms with E-state index in [0.717, 1.165) is 24.2 Å². The molecular formula is C13H17N3O2. The van der Waals surface area contributed by atoms with Crippen LogP contribution in [0.5, 0.6) is 0 Å². The average Bonchev–Trinajstić information content (AvgIpc) is 2.76. The first-order valence-corrected chi connectivity index (χ1v) is 6.25. The number of nitrogens with one attached hydrogen (secondary N) is 1. The number of aliphatic hydroxyl groups is 1. The zero-order valence-corrected chi connectivity index (χ0v) is 10.1. The van der Waals surface area contributed by atoms with E-state index in [9.17, 15) is 9.90 Å². The molecule has 0 bridgehead atoms. The van der Waals surface area contributed by atoms with Crippen LogP contribution in [0.15, 0.2) is 18.2 Å². The number of likely N-dealkylation sites (tertiary alicyclic amines) is 1. The zero-order valence-electron chi connectivity index (χ0n) is 10.1. The summed E-state index contributed by atoms with van der Waals surface area (Å²) in [5.74, 6) is -0.0190. The Morgan fingerprint density at radius 2 is 2.28 bits per heavy atom. The Kier molecular flexibility index (Phi) is 2.72. The molecule has 96 valence electrons. The lowest BCUT2D eigenvalue weighted by Gasteiger charge is -2.31. The van der Waals surface area contributed by atoms with E-state index in [1.807, 2.05) is 17.0 Å². The summed E-state index contributed by atoms with van der Waals surface area (Å²) in [5.41, 5.74) is 8.29. The van der Waals surface area contributed by atoms with Gasteiger partial charge in [-0.2, -0.15) is 0 Å². The van der Waals surface area contributed by atoms with Gasteiger partial charge in [0.1, 0.15) is 0 Å². The Morgan fingerprint density at radius 1 is 1.44 bits per heavy atom. The van der Waals surface area contributed by atoms with Gasteiger partial charge in [-0.25, -0.2) is 0 Å². The van der Waals surface area contributed by atoms with Crippen LogP contribution in [0.25, 0.3) is 0 Å². The minimum absolute atomic E-state index is 0.0190. The molecule has 1 aromatic rings. The van der Waals surface area contributed by atoms with Crippen LogP contribution >= 0.6 is 0 Å². The van der Waals surface area contributed by atoms with Gasteiger partial charge in [-0.05, 0) is 24.5 Å². The SMILES string of the molecule is Nc1cccc2c1NC(=O)C(N1CC[C@H](O)C1)C2. The van der Waals surface area contributed by atoms with E-state index in [1.165, 1.54) is 0 Å². The first-order valence-electron chi connectivity index (χ1n) is 6.25. The van der Waals surface area contributed by atoms with Gasteiger partial charge in [0.2, 0.25) is 5.91 Å². The van der Waals surface area contributed by atoms with E-state index in [0.29, 0.717) is 18.7 Å². The molecule has 1 aromatic carbocycles. The molecule has 0 radical (unpaired) electrons. The number of carbonyl (C=O) groups is 1. The maximum atomic E-state index is 12.1. The van der Waals surface area contributed by atoms with Gasteiger partial charge in [-0.15, -0.1) is 0 Å². The van der Waals surface area contributed by atoms with E-state index in [4.69, 9.17) is 5.73 Å². The molecule has 2 aliphatic rings. The van der Waals surface area contributed by atoms with Gasteiger partial charge in [0.05, 0.1) is 23.5 Å². The third-order valence-electron chi connectivity index (χ3n) is 3.78. The molecule has 0 spiro atoms. The number of carbonyl (C=O) groups excluding carboxylic acids is 1. The lowest BCUT2D eigenvalue weighted by molar-refractivity contribution is -0.121. The number of benzene rings is 1. The number of para-hydroxylation sites is 1. The summed E-state index contributed by atoms with van der Waals surface area (Å²) < 4.78 is 0. The van der Waals surface area contributed by atoms with Gasteiger partial charge >= 0.3 is 0 Å². The molecule has 3 rings (SSSR count). The van der Waals surface area contributed by atoms with E-state index in [1.54, 1.807) is 6.07 Å². The molecule has 18 heavy (non-hydrogen) atoms. The lowest BCUT2D eigenvalue weighted by atomic mass is 9.97. The summed E-state index contributed by atoms with van der Waals surface area (Å²) in [6.45, 7) is 1.35. The molecule has 5 heteroatoms. The second-order valence-corrected chi connectivity index (χ2v) is 5.03. The smallest absolute Gasteiger partial charge is 0.242 e. The molecule has 1 amide bonds. The molecule has 2 atom stereocenters. The number of nitrogen functional groups attached to an aromatic ring is 1. The summed E-state index contributed by atoms with van der Waals surface area (Å²) in [4.78, 5) is 14.2. The van der Waals surface area contributed by atoms with Crippen LogP contribution in [0.4, 0.5) is 11.4 Å². The molecular weight excluding hydrogens is 230 g/mol. The van der Waals surface area contributed by atoms with Crippen molar-refractivity contribution in [3.8, 4) is 0 Å². The van der Waals surface area contributed by atoms with Crippen molar-refractivity contribution in [3.63, 3.8) is 0 Å². The van der Waals surface area contributed by atoms with Crippen LogP contribution in [0.2, 0.25) is 0 Å². The Bertz CT molecular complexity index is 489. The number of β-amino-alcohol motifs (C(OH)–C–C–N with tert-alkyl or cyclic N) is 1. The largest absolute Gasteiger partial charge is 0.397 e. The second kappa shape index (κ2) is 4.26. The predicted octanol–water partition coefficient (Wildman–Crippen LogP) is 0.199. The highest BCUT2D eigenvalue weighted by atomic mass is 16.3. The molecule has 2 aliphatic heterocycles. The highest BCUT2D eigenvalue weighted by Crippen LogP contribution is 2.30. The van der Waals surface area contributed by atoms with Crippen LogP contribution < -0.4 is 11.1 Å². The molecule has 0 aliphatic carbocycles. The fourth-order valence-electron chi connectivity index (χ4n) is 2.80. The van der Waals surface area contributed by atoms with Gasteiger partial charge in [-0.3, -0.25) is 9.69 Å². The number of amides is 1. The number of anilines is 2. The van der Waals surface area contributed by atoms with Crippen molar-refractivity contribution < 1.29 is 9.90 Å². The van der Waals surface area contributed by atoms with Crippen molar-refractivity contribution in [2.24, 2.45) is 0 Å². The highest BCUT2D eigenvalue weighted by Gasteiger charge is 2.35. The van der Waals surface area contributed by atoms with Crippen LogP contribution in [-0.4, -0.2) is 41.1 Å². The highest BCUT2D eigenvalue weighted by molar-refractivity contribution is 6.00. The minimum atomic E-state index is -0.306. The van der Waals surface area contributed by atoms with E-state index in [-0.39, 0.29) is 18.1 Å². The van der Waals surface area contributed by atoms with Crippen molar-refractivity contribution in [1.82, 2.24) is 4.90 Å². The van der Waals surface area contributed by atoms with Gasteiger partial charge in [0.15, 0.2) is 0 Å². The van der Waals surface area contributed by atoms with Crippen molar-refractivity contribution in [2.75, 3.05) is 24.1 Å². The second-order valence-electron chi connectivity index (χ2n) is 5.03. The minimum Gasteiger partial charge on any atom is -0.397 e. The monoisotopic (exact) mass is 247 g/mol. The van der Waals surface area contributed by atoms with Crippen molar-refractivity contribution in [2.45, 2.75) is 25.0 Å². The number of hydrogen-bond donors (Lipinski definition) is 3. The first kappa shape index (κ1) is 11.5. The molecule has 0 saturated carbocycles. The molecule has 1 fully saturated rings. The van der Waals surface area contributed by atoms with Gasteiger partial charge in [0.25, 0.3) is 0 Å². The number of fused-ring (bicyclic) bond motifs is 1. The Morgan fingerprint density at radius 3 is 3.00 bits per heavy atom. The number of rotatable bonds is 1. The van der Waals surface area contributed by atoms with Crippen LogP contribution in [0.1, 0.15) is 12.0 Å². The lowest BCUT2D eigenvalue weighted by Crippen LogP contribution is -2.47. The Balaban J connectivity index is 1.86. The van der Waals surface area contributed by atoms with E-state index >= 15 is 0 Å². The van der Waals surface area contributed by atoms with Gasteiger partial charge < -0.3 is 16.2 Å². The van der Waals surface area contributed by atoms with E-state index < -0.39 is 0 Å². The van der Waals surface area contributed by atoms with Crippen LogP contribution in [0, 0.1) is 0 Å². The number of hydrogen-bond acceptors (Lipinski definition) is 4. The van der Waals surface area contributed by atoms with Crippen molar-refractivity contribution in [1.29, 1.82) is 0 Å². The summed E-state index contributed by atoms with van der Waals surface area (Å²) in [5, 5.41) is 12.4. The molecule has 5 nitrogen and oxygen atoms in total. The van der Waals surface area contributed by atoms with Gasteiger partial charge in [-0.1, -0.05) is 12.1 Å². The number of aliphatic hydroxyl groups excluding tert-OH is 1. The summed E-state index contributed by atoms with van der Waals surface area (Å²) in [6, 6.07) is 5.50. The first-order chi connectivity index (χ1) is 8.65. The van der Waals surface area contributed by atoms with Gasteiger partial charge in [0, 0.05) is 13.1 Å². The topological polar surface area (TPSA) is 78.6 Å². The molecule has 1 unspecified atom stereocenters. The molecule has 1 saturated heterocycles. The zero-order chi connectivity index (χ0) is 12.7. The molecule has 2 heterocycles. The quantitative estimate of drug-likeness (QED) is 0.619. The third kappa shape index (κ3) is 1.85. The predicted molar refractivity (Wildman–Crippen MR) is 69.2 cm³/mol. The van der Waals surface area contributed by atoms with E-state index in [2.05, 4.69) is 5.32 Å². The normalized spacial score (nSPS) is 27.9. The summed E-state index contributed by atoms with van der Waals surface area (Å²) >= 11 is 0. The number of nitrogens with two attached hydrogens (primary N) is 1. The maximum Gasteiger partial charge on any atom is 0.242 e. The fraction of sp³-hybridized carbons (Fsp3) is 0.462. The van der Waals surface area contributed by atoms with Crippen LogP contribution in [0.3, 0.4) is 0 Å². The Labute approximate surface area is 106 Å². The summed E-state index contributed by atoms with van der Waals surface area (Å²) in [6.07, 6.45) is 1.10. The van der Waals surface area contributed by atoms with Crippen molar-refractivity contribution in [3.05, 3.63) is 23.8 Å². The maximum absolute atomic E-state index is 12.1. The molecule has 0 aromatic heterocycles. The van der Waals surface area contributed by atoms with Crippen LogP contribution in [-0.2, 0) is 11.2 Å². The molecule has 4 N–H and O–H groups in total. The third-order valence-corrected chi connectivity index (χ3v) is 3.78. The average molecular weight is 247 g/mol. The fourth-order valence-corrected chi connectivity index (χ4v) is 2.80. The summed E-state index contributed by atoms with van der Waals surface area (Å²) in [7, 11) is 0.